The van der Waals surface area contributed by atoms with Crippen molar-refractivity contribution in [3.05, 3.63) is 63.7 Å². The smallest absolute Gasteiger partial charge is 0.341 e. The molecule has 2 amide bonds. The molecule has 5 N–H and O–H groups in total. The quantitative estimate of drug-likeness (QED) is 0.386. The maximum atomic E-state index is 15.4. The van der Waals surface area contributed by atoms with E-state index >= 15 is 4.39 Å². The van der Waals surface area contributed by atoms with Crippen molar-refractivity contribution < 1.29 is 32.7 Å². The number of hydrogen-bond donors (Lipinski definition) is 3. The molecular weight excluding hydrogens is 533 g/mol. The highest BCUT2D eigenvalue weighted by atomic mass is 19.1. The fraction of sp³-hybridized carbons (Fsp3) is 0.346. The number of piperidine rings is 1. The molecule has 1 aliphatic heterocycles. The SMILES string of the molecule is C[C@H](N)C(=O)N(C1[C@H]2CN(c3nc4c(cc3F)c(=O)c(C(=O)O)cn4-c3ccc(F)cc3F)C[C@@H]12)[C@@H](C)C(N)=O. The monoisotopic (exact) mass is 558 g/mol. The third kappa shape index (κ3) is 4.33. The summed E-state index contributed by atoms with van der Waals surface area (Å²) in [4.78, 5) is 56.4. The molecule has 1 unspecified atom stereocenters. The number of anilines is 1. The van der Waals surface area contributed by atoms with Crippen LogP contribution in [0.3, 0.4) is 0 Å². The number of benzene rings is 1. The summed E-state index contributed by atoms with van der Waals surface area (Å²) < 4.78 is 44.6. The van der Waals surface area contributed by atoms with Crippen molar-refractivity contribution in [2.75, 3.05) is 18.0 Å². The number of aromatic nitrogens is 2. The van der Waals surface area contributed by atoms with Gasteiger partial charge in [0.05, 0.1) is 17.1 Å². The Morgan fingerprint density at radius 1 is 1.10 bits per heavy atom. The summed E-state index contributed by atoms with van der Waals surface area (Å²) in [5.41, 5.74) is 8.93. The van der Waals surface area contributed by atoms with E-state index in [4.69, 9.17) is 11.5 Å². The summed E-state index contributed by atoms with van der Waals surface area (Å²) in [7, 11) is 0. The van der Waals surface area contributed by atoms with Gasteiger partial charge in [0, 0.05) is 43.2 Å². The first kappa shape index (κ1) is 27.1. The molecule has 40 heavy (non-hydrogen) atoms. The number of halogens is 3. The Balaban J connectivity index is 1.54. The van der Waals surface area contributed by atoms with Gasteiger partial charge in [-0.1, -0.05) is 0 Å². The zero-order chi connectivity index (χ0) is 29.2. The van der Waals surface area contributed by atoms with Crippen molar-refractivity contribution in [2.45, 2.75) is 32.0 Å². The van der Waals surface area contributed by atoms with Gasteiger partial charge in [0.2, 0.25) is 17.2 Å². The van der Waals surface area contributed by atoms with E-state index in [1.807, 2.05) is 0 Å². The number of pyridine rings is 2. The van der Waals surface area contributed by atoms with Crippen molar-refractivity contribution in [3.8, 4) is 5.69 Å². The highest BCUT2D eigenvalue weighted by Gasteiger charge is 2.61. The van der Waals surface area contributed by atoms with E-state index in [-0.39, 0.29) is 48.1 Å². The zero-order valence-electron chi connectivity index (χ0n) is 21.3. The van der Waals surface area contributed by atoms with Crippen LogP contribution in [0.4, 0.5) is 19.0 Å². The second-order valence-corrected chi connectivity index (χ2v) is 10.1. The maximum absolute atomic E-state index is 15.4. The third-order valence-electron chi connectivity index (χ3n) is 7.56. The average molecular weight is 559 g/mol. The summed E-state index contributed by atoms with van der Waals surface area (Å²) in [5.74, 6) is -6.05. The molecule has 0 spiro atoms. The number of hydrogen-bond acceptors (Lipinski definition) is 7. The lowest BCUT2D eigenvalue weighted by molar-refractivity contribution is -0.140. The van der Waals surface area contributed by atoms with E-state index in [9.17, 15) is 33.1 Å². The number of carbonyl (C=O) groups is 3. The molecule has 2 aromatic heterocycles. The summed E-state index contributed by atoms with van der Waals surface area (Å²) >= 11 is 0. The van der Waals surface area contributed by atoms with Crippen molar-refractivity contribution in [1.29, 1.82) is 0 Å². The zero-order valence-corrected chi connectivity index (χ0v) is 21.3. The Hall–Kier alpha value is -4.46. The van der Waals surface area contributed by atoms with Crippen LogP contribution in [0.2, 0.25) is 0 Å². The standard InChI is InChI=1S/C26H25F3N6O5/c1-10(30)25(38)35(11(2)22(31)37)20-14-7-33(8-15(14)20)24-18(29)6-13-21(36)16(26(39)40)9-34(23(13)32-24)19-4-3-12(27)5-17(19)28/h3-6,9-11,14-15,20H,7-8,30H2,1-2H3,(H2,31,37)(H,39,40)/t10-,11-,14-,15+,20?/m0/s1. The summed E-state index contributed by atoms with van der Waals surface area (Å²) in [5, 5.41) is 9.10. The van der Waals surface area contributed by atoms with Gasteiger partial charge in [-0.25, -0.2) is 22.9 Å². The first-order chi connectivity index (χ1) is 18.8. The summed E-state index contributed by atoms with van der Waals surface area (Å²) in [6, 6.07) is 1.31. The number of carboxylic acids is 1. The third-order valence-corrected chi connectivity index (χ3v) is 7.56. The van der Waals surface area contributed by atoms with Crippen LogP contribution >= 0.6 is 0 Å². The molecule has 3 aromatic rings. The van der Waals surface area contributed by atoms with Gasteiger partial charge in [0.1, 0.15) is 23.2 Å². The van der Waals surface area contributed by atoms with Gasteiger partial charge in [0.25, 0.3) is 0 Å². The Morgan fingerprint density at radius 3 is 2.30 bits per heavy atom. The Morgan fingerprint density at radius 2 is 1.75 bits per heavy atom. The number of carboxylic acid groups (broad SMARTS) is 1. The minimum atomic E-state index is -1.62. The molecule has 3 heterocycles. The molecular formula is C26H25F3N6O5. The van der Waals surface area contributed by atoms with Crippen molar-refractivity contribution >= 4 is 34.6 Å². The summed E-state index contributed by atoms with van der Waals surface area (Å²) in [6.07, 6.45) is 0.859. The van der Waals surface area contributed by atoms with E-state index in [2.05, 4.69) is 4.98 Å². The minimum absolute atomic E-state index is 0.146. The van der Waals surface area contributed by atoms with Crippen LogP contribution < -0.4 is 21.8 Å². The van der Waals surface area contributed by atoms with E-state index in [0.717, 1.165) is 29.0 Å². The first-order valence-electron chi connectivity index (χ1n) is 12.4. The number of nitrogens with two attached hydrogens (primary N) is 2. The molecule has 1 saturated heterocycles. The summed E-state index contributed by atoms with van der Waals surface area (Å²) in [6.45, 7) is 3.49. The molecule has 1 aliphatic carbocycles. The normalized spacial score (nSPS) is 21.1. The topological polar surface area (TPSA) is 165 Å². The molecule has 11 nitrogen and oxygen atoms in total. The number of rotatable bonds is 7. The number of primary amides is 1. The molecule has 210 valence electrons. The minimum Gasteiger partial charge on any atom is -0.477 e. The van der Waals surface area contributed by atoms with Crippen LogP contribution in [0, 0.1) is 29.3 Å². The molecule has 5 rings (SSSR count). The molecule has 0 radical (unpaired) electrons. The molecule has 0 bridgehead atoms. The van der Waals surface area contributed by atoms with Gasteiger partial charge in [-0.05, 0) is 32.0 Å². The Kier molecular flexibility index (Phi) is 6.53. The number of carbonyl (C=O) groups excluding carboxylic acids is 2. The van der Waals surface area contributed by atoms with E-state index in [1.165, 1.54) is 18.7 Å². The lowest BCUT2D eigenvalue weighted by Crippen LogP contribution is -2.54. The number of fused-ring (bicyclic) bond motifs is 2. The van der Waals surface area contributed by atoms with E-state index < -0.39 is 63.7 Å². The van der Waals surface area contributed by atoms with Crippen molar-refractivity contribution in [1.82, 2.24) is 14.5 Å². The largest absolute Gasteiger partial charge is 0.477 e. The van der Waals surface area contributed by atoms with Crippen molar-refractivity contribution in [3.63, 3.8) is 0 Å². The van der Waals surface area contributed by atoms with Crippen molar-refractivity contribution in [2.24, 2.45) is 23.3 Å². The van der Waals surface area contributed by atoms with Gasteiger partial charge < -0.3 is 26.4 Å². The first-order valence-corrected chi connectivity index (χ1v) is 12.4. The van der Waals surface area contributed by atoms with Crippen LogP contribution in [0.15, 0.2) is 35.3 Å². The maximum Gasteiger partial charge on any atom is 0.341 e. The second-order valence-electron chi connectivity index (χ2n) is 10.1. The number of amides is 2. The molecule has 14 heteroatoms. The number of nitrogens with zero attached hydrogens (tertiary/aromatic N) is 4. The highest BCUT2D eigenvalue weighted by molar-refractivity contribution is 5.93. The van der Waals surface area contributed by atoms with Gasteiger partial charge >= 0.3 is 5.97 Å². The lowest BCUT2D eigenvalue weighted by atomic mass is 10.1. The van der Waals surface area contributed by atoms with Crippen LogP contribution in [0.5, 0.6) is 0 Å². The van der Waals surface area contributed by atoms with Crippen LogP contribution in [0.1, 0.15) is 24.2 Å². The lowest BCUT2D eigenvalue weighted by Gasteiger charge is -2.32. The van der Waals surface area contributed by atoms with E-state index in [1.54, 1.807) is 4.90 Å². The highest BCUT2D eigenvalue weighted by Crippen LogP contribution is 2.51. The molecule has 1 saturated carbocycles. The van der Waals surface area contributed by atoms with E-state index in [0.29, 0.717) is 6.07 Å². The van der Waals surface area contributed by atoms with Gasteiger partial charge in [-0.2, -0.15) is 0 Å². The average Bonchev–Trinajstić information content (AvgIpc) is 3.34. The van der Waals surface area contributed by atoms with Gasteiger partial charge in [-0.3, -0.25) is 19.0 Å². The fourth-order valence-electron chi connectivity index (χ4n) is 5.50. The fourth-order valence-corrected chi connectivity index (χ4v) is 5.50. The molecule has 2 aliphatic rings. The second kappa shape index (κ2) is 9.62. The molecule has 2 fully saturated rings. The Labute approximate surface area is 224 Å². The predicted molar refractivity (Wildman–Crippen MR) is 136 cm³/mol. The molecule has 5 atom stereocenters. The number of aromatic carboxylic acids is 1. The molecule has 1 aromatic carbocycles. The van der Waals surface area contributed by atoms with Crippen LogP contribution in [-0.2, 0) is 9.59 Å². The Bertz CT molecular complexity index is 1630. The van der Waals surface area contributed by atoms with Crippen LogP contribution in [-0.4, -0.2) is 68.6 Å². The van der Waals surface area contributed by atoms with Gasteiger partial charge in [-0.15, -0.1) is 0 Å². The predicted octanol–water partition coefficient (Wildman–Crippen LogP) is 0.985. The van der Waals surface area contributed by atoms with Crippen LogP contribution in [0.25, 0.3) is 16.7 Å². The van der Waals surface area contributed by atoms with Gasteiger partial charge in [0.15, 0.2) is 17.3 Å².